The molecule has 4 rings (SSSR count). The number of hydrogen-bond acceptors (Lipinski definition) is 5. The fourth-order valence-electron chi connectivity index (χ4n) is 4.71. The first-order chi connectivity index (χ1) is 17.5. The Morgan fingerprint density at radius 3 is 2.42 bits per heavy atom. The zero-order valence-electron chi connectivity index (χ0n) is 21.1. The Hall–Kier alpha value is -3.20. The van der Waals surface area contributed by atoms with E-state index in [0.29, 0.717) is 19.5 Å². The van der Waals surface area contributed by atoms with Crippen LogP contribution < -0.4 is 10.4 Å². The monoisotopic (exact) mass is 491 g/mol. The van der Waals surface area contributed by atoms with Crippen molar-refractivity contribution in [2.24, 2.45) is 0 Å². The highest BCUT2D eigenvalue weighted by atomic mass is 16.5. The number of carbonyl (C=O) groups excluding carboxylic acids is 2. The van der Waals surface area contributed by atoms with Gasteiger partial charge in [-0.1, -0.05) is 37.1 Å². The van der Waals surface area contributed by atoms with Gasteiger partial charge in [-0.3, -0.25) is 19.7 Å². The first-order valence-corrected chi connectivity index (χ1v) is 12.9. The molecule has 36 heavy (non-hydrogen) atoms. The standard InChI is InChI=1S/C28H37N5O3/c1-31-16-18-32(19-17-31)21-28(35)33(15-5-3-2-4-6-27(34)30-36)25-11-9-22(10-12-25)24-8-7-23-13-14-29-26(23)20-24/h7-14,20,29,36H,2-6,15-19,21H2,1H3,(H,30,34). The summed E-state index contributed by atoms with van der Waals surface area (Å²) in [4.78, 5) is 34.3. The Kier molecular flexibility index (Phi) is 9.11. The van der Waals surface area contributed by atoms with E-state index in [-0.39, 0.29) is 11.8 Å². The van der Waals surface area contributed by atoms with Crippen LogP contribution in [-0.4, -0.2) is 78.1 Å². The van der Waals surface area contributed by atoms with E-state index < -0.39 is 0 Å². The third kappa shape index (κ3) is 6.94. The maximum Gasteiger partial charge on any atom is 0.243 e. The number of nitrogens with one attached hydrogen (secondary N) is 2. The highest BCUT2D eigenvalue weighted by molar-refractivity contribution is 5.95. The Balaban J connectivity index is 1.41. The van der Waals surface area contributed by atoms with Crippen molar-refractivity contribution in [3.8, 4) is 11.1 Å². The molecule has 1 aliphatic rings. The number of hydrogen-bond donors (Lipinski definition) is 3. The Morgan fingerprint density at radius 2 is 1.67 bits per heavy atom. The van der Waals surface area contributed by atoms with E-state index in [0.717, 1.165) is 74.2 Å². The number of benzene rings is 2. The van der Waals surface area contributed by atoms with Crippen molar-refractivity contribution in [1.29, 1.82) is 0 Å². The topological polar surface area (TPSA) is 91.9 Å². The SMILES string of the molecule is CN1CCN(CC(=O)N(CCCCCCC(=O)NO)c2ccc(-c3ccc4cc[nH]c4c3)cc2)CC1. The molecule has 2 aromatic carbocycles. The summed E-state index contributed by atoms with van der Waals surface area (Å²) in [5.41, 5.74) is 5.95. The fraction of sp³-hybridized carbons (Fsp3) is 0.429. The molecule has 0 atom stereocenters. The van der Waals surface area contributed by atoms with Gasteiger partial charge in [0.15, 0.2) is 0 Å². The third-order valence-corrected chi connectivity index (χ3v) is 6.98. The number of likely N-dealkylation sites (N-methyl/N-ethyl adjacent to an activating group) is 1. The molecule has 0 aliphatic carbocycles. The lowest BCUT2D eigenvalue weighted by Crippen LogP contribution is -2.49. The molecule has 2 amide bonds. The minimum atomic E-state index is -0.352. The predicted molar refractivity (Wildman–Crippen MR) is 143 cm³/mol. The van der Waals surface area contributed by atoms with Gasteiger partial charge >= 0.3 is 0 Å². The van der Waals surface area contributed by atoms with Crippen LogP contribution in [0.25, 0.3) is 22.0 Å². The van der Waals surface area contributed by atoms with Crippen LogP contribution in [0.5, 0.6) is 0 Å². The summed E-state index contributed by atoms with van der Waals surface area (Å²) < 4.78 is 0. The smallest absolute Gasteiger partial charge is 0.243 e. The zero-order chi connectivity index (χ0) is 25.3. The molecule has 1 aromatic heterocycles. The Labute approximate surface area is 212 Å². The molecule has 1 saturated heterocycles. The normalized spacial score (nSPS) is 14.7. The lowest BCUT2D eigenvalue weighted by molar-refractivity contribution is -0.129. The quantitative estimate of drug-likeness (QED) is 0.215. The van der Waals surface area contributed by atoms with Gasteiger partial charge in [-0.15, -0.1) is 0 Å². The second kappa shape index (κ2) is 12.7. The lowest BCUT2D eigenvalue weighted by atomic mass is 10.0. The number of piperazine rings is 1. The number of nitrogens with zero attached hydrogens (tertiary/aromatic N) is 3. The number of aromatic nitrogens is 1. The second-order valence-electron chi connectivity index (χ2n) is 9.65. The molecule has 8 heteroatoms. The molecule has 192 valence electrons. The molecule has 0 saturated carbocycles. The van der Waals surface area contributed by atoms with Crippen LogP contribution in [0.15, 0.2) is 54.7 Å². The van der Waals surface area contributed by atoms with Crippen LogP contribution in [-0.2, 0) is 9.59 Å². The number of amides is 2. The number of hydroxylamine groups is 1. The minimum absolute atomic E-state index is 0.125. The summed E-state index contributed by atoms with van der Waals surface area (Å²) in [5.74, 6) is -0.228. The third-order valence-electron chi connectivity index (χ3n) is 6.98. The summed E-state index contributed by atoms with van der Waals surface area (Å²) in [6.07, 6.45) is 5.66. The van der Waals surface area contributed by atoms with Gasteiger partial charge in [0.1, 0.15) is 0 Å². The summed E-state index contributed by atoms with van der Waals surface area (Å²) >= 11 is 0. The molecule has 2 heterocycles. The number of unbranched alkanes of at least 4 members (excludes halogenated alkanes) is 3. The highest BCUT2D eigenvalue weighted by Gasteiger charge is 2.21. The van der Waals surface area contributed by atoms with E-state index in [2.05, 4.69) is 58.2 Å². The number of carbonyl (C=O) groups is 2. The molecule has 1 fully saturated rings. The van der Waals surface area contributed by atoms with Crippen molar-refractivity contribution in [1.82, 2.24) is 20.3 Å². The fourth-order valence-corrected chi connectivity index (χ4v) is 4.71. The lowest BCUT2D eigenvalue weighted by Gasteiger charge is -2.33. The number of rotatable bonds is 11. The van der Waals surface area contributed by atoms with Gasteiger partial charge in [0, 0.05) is 56.5 Å². The van der Waals surface area contributed by atoms with Crippen LogP contribution >= 0.6 is 0 Å². The average molecular weight is 492 g/mol. The Bertz CT molecular complexity index is 1140. The maximum atomic E-state index is 13.4. The first kappa shape index (κ1) is 25.9. The highest BCUT2D eigenvalue weighted by Crippen LogP contribution is 2.26. The van der Waals surface area contributed by atoms with Crippen LogP contribution in [0.2, 0.25) is 0 Å². The number of H-pyrrole nitrogens is 1. The van der Waals surface area contributed by atoms with E-state index in [1.165, 1.54) is 5.39 Å². The van der Waals surface area contributed by atoms with Crippen molar-refractivity contribution in [2.45, 2.75) is 32.1 Å². The predicted octanol–water partition coefficient (Wildman–Crippen LogP) is 3.87. The van der Waals surface area contributed by atoms with Crippen LogP contribution in [0.4, 0.5) is 5.69 Å². The van der Waals surface area contributed by atoms with Gasteiger partial charge in [0.25, 0.3) is 0 Å². The summed E-state index contributed by atoms with van der Waals surface area (Å²) in [6.45, 7) is 4.84. The number of aromatic amines is 1. The van der Waals surface area contributed by atoms with E-state index in [1.807, 2.05) is 23.2 Å². The molecular formula is C28H37N5O3. The summed E-state index contributed by atoms with van der Waals surface area (Å²) in [7, 11) is 2.12. The summed E-state index contributed by atoms with van der Waals surface area (Å²) in [5, 5.41) is 9.81. The molecular weight excluding hydrogens is 454 g/mol. The molecule has 8 nitrogen and oxygen atoms in total. The number of anilines is 1. The van der Waals surface area contributed by atoms with Crippen molar-refractivity contribution in [2.75, 3.05) is 51.2 Å². The van der Waals surface area contributed by atoms with Crippen molar-refractivity contribution in [3.05, 3.63) is 54.7 Å². The van der Waals surface area contributed by atoms with Crippen LogP contribution in [0.1, 0.15) is 32.1 Å². The van der Waals surface area contributed by atoms with Gasteiger partial charge in [-0.2, -0.15) is 0 Å². The Morgan fingerprint density at radius 1 is 0.944 bits per heavy atom. The zero-order valence-corrected chi connectivity index (χ0v) is 21.1. The minimum Gasteiger partial charge on any atom is -0.361 e. The summed E-state index contributed by atoms with van der Waals surface area (Å²) in [6, 6.07) is 16.7. The molecule has 3 N–H and O–H groups in total. The second-order valence-corrected chi connectivity index (χ2v) is 9.65. The van der Waals surface area contributed by atoms with Crippen molar-refractivity contribution in [3.63, 3.8) is 0 Å². The van der Waals surface area contributed by atoms with Crippen molar-refractivity contribution >= 4 is 28.4 Å². The molecule has 0 unspecified atom stereocenters. The largest absolute Gasteiger partial charge is 0.361 e. The van der Waals surface area contributed by atoms with Gasteiger partial charge < -0.3 is 14.8 Å². The van der Waals surface area contributed by atoms with Crippen LogP contribution in [0, 0.1) is 0 Å². The molecule has 0 spiro atoms. The van der Waals surface area contributed by atoms with Gasteiger partial charge in [0.05, 0.1) is 6.54 Å². The van der Waals surface area contributed by atoms with Gasteiger partial charge in [-0.05, 0) is 60.7 Å². The van der Waals surface area contributed by atoms with Gasteiger partial charge in [-0.25, -0.2) is 5.48 Å². The molecule has 1 aliphatic heterocycles. The van der Waals surface area contributed by atoms with Gasteiger partial charge in [0.2, 0.25) is 11.8 Å². The van der Waals surface area contributed by atoms with E-state index in [9.17, 15) is 9.59 Å². The van der Waals surface area contributed by atoms with E-state index in [1.54, 1.807) is 5.48 Å². The van der Waals surface area contributed by atoms with E-state index >= 15 is 0 Å². The van der Waals surface area contributed by atoms with E-state index in [4.69, 9.17) is 5.21 Å². The van der Waals surface area contributed by atoms with Crippen molar-refractivity contribution < 1.29 is 14.8 Å². The molecule has 3 aromatic rings. The maximum absolute atomic E-state index is 13.4. The number of fused-ring (bicyclic) bond motifs is 1. The molecule has 0 radical (unpaired) electrons. The van der Waals surface area contributed by atoms with Crippen LogP contribution in [0.3, 0.4) is 0 Å². The molecule has 0 bridgehead atoms. The average Bonchev–Trinajstić information content (AvgIpc) is 3.37. The first-order valence-electron chi connectivity index (χ1n) is 12.9.